The Hall–Kier alpha value is -2.55. The molecule has 0 aliphatic heterocycles. The van der Waals surface area contributed by atoms with Crippen LogP contribution in [0.15, 0.2) is 60.8 Å². The number of nitrogens with zero attached hydrogens (tertiary/aromatic N) is 3. The zero-order chi connectivity index (χ0) is 13.8. The molecule has 0 bridgehead atoms. The Balaban J connectivity index is 1.90. The molecule has 0 saturated heterocycles. The summed E-state index contributed by atoms with van der Waals surface area (Å²) in [5.41, 5.74) is 4.04. The van der Waals surface area contributed by atoms with Crippen molar-refractivity contribution in [3.8, 4) is 11.5 Å². The van der Waals surface area contributed by atoms with Gasteiger partial charge < -0.3 is 0 Å². The second kappa shape index (κ2) is 5.61. The summed E-state index contributed by atoms with van der Waals surface area (Å²) in [5.74, 6) is 0.683. The molecule has 3 nitrogen and oxygen atoms in total. The monoisotopic (exact) mass is 261 g/mol. The minimum absolute atomic E-state index is 0.683. The number of pyridine rings is 1. The van der Waals surface area contributed by atoms with Crippen LogP contribution < -0.4 is 0 Å². The topological polar surface area (TPSA) is 38.7 Å². The molecule has 3 rings (SSSR count). The molecule has 3 heteroatoms. The van der Waals surface area contributed by atoms with Gasteiger partial charge in [0.25, 0.3) is 0 Å². The Bertz CT molecular complexity index is 708. The second-order valence-electron chi connectivity index (χ2n) is 4.70. The van der Waals surface area contributed by atoms with Crippen molar-refractivity contribution in [2.45, 2.75) is 13.3 Å². The summed E-state index contributed by atoms with van der Waals surface area (Å²) in [4.78, 5) is 13.4. The summed E-state index contributed by atoms with van der Waals surface area (Å²) >= 11 is 0. The second-order valence-corrected chi connectivity index (χ2v) is 4.70. The first kappa shape index (κ1) is 12.5. The van der Waals surface area contributed by atoms with Crippen molar-refractivity contribution < 1.29 is 0 Å². The Morgan fingerprint density at radius 2 is 1.70 bits per heavy atom. The van der Waals surface area contributed by atoms with Gasteiger partial charge in [0, 0.05) is 24.0 Å². The standard InChI is InChI=1S/C17H15N3/c1-13-6-5-9-16(19-13)17-18-11-10-15(20-17)12-14-7-3-2-4-8-14/h2-11H,12H2,1H3. The van der Waals surface area contributed by atoms with Crippen LogP contribution in [0, 0.1) is 6.92 Å². The van der Waals surface area contributed by atoms with Crippen LogP contribution in [-0.4, -0.2) is 15.0 Å². The Kier molecular flexibility index (Phi) is 3.50. The first-order valence-electron chi connectivity index (χ1n) is 6.61. The molecule has 2 aromatic heterocycles. The molecule has 0 aliphatic carbocycles. The van der Waals surface area contributed by atoms with Gasteiger partial charge in [0.05, 0.1) is 0 Å². The van der Waals surface area contributed by atoms with Crippen LogP contribution in [0.5, 0.6) is 0 Å². The quantitative estimate of drug-likeness (QED) is 0.725. The minimum Gasteiger partial charge on any atom is -0.250 e. The van der Waals surface area contributed by atoms with Gasteiger partial charge in [0.15, 0.2) is 5.82 Å². The highest BCUT2D eigenvalue weighted by Crippen LogP contribution is 2.14. The van der Waals surface area contributed by atoms with Crippen molar-refractivity contribution in [3.05, 3.63) is 77.7 Å². The number of benzene rings is 1. The summed E-state index contributed by atoms with van der Waals surface area (Å²) in [6.07, 6.45) is 2.60. The highest BCUT2D eigenvalue weighted by Gasteiger charge is 2.05. The average Bonchev–Trinajstić information content (AvgIpc) is 2.49. The van der Waals surface area contributed by atoms with E-state index in [0.717, 1.165) is 23.5 Å². The summed E-state index contributed by atoms with van der Waals surface area (Å²) in [7, 11) is 0. The third kappa shape index (κ3) is 2.88. The molecule has 0 radical (unpaired) electrons. The molecule has 0 unspecified atom stereocenters. The van der Waals surface area contributed by atoms with E-state index in [4.69, 9.17) is 0 Å². The van der Waals surface area contributed by atoms with E-state index < -0.39 is 0 Å². The van der Waals surface area contributed by atoms with Gasteiger partial charge in [0.1, 0.15) is 5.69 Å². The van der Waals surface area contributed by atoms with Crippen molar-refractivity contribution in [1.82, 2.24) is 15.0 Å². The molecule has 0 saturated carbocycles. The first-order valence-corrected chi connectivity index (χ1v) is 6.61. The number of hydrogen-bond donors (Lipinski definition) is 0. The molecule has 2 heterocycles. The normalized spacial score (nSPS) is 10.4. The molecule has 0 aliphatic rings. The van der Waals surface area contributed by atoms with Crippen LogP contribution >= 0.6 is 0 Å². The first-order chi connectivity index (χ1) is 9.81. The van der Waals surface area contributed by atoms with Gasteiger partial charge in [0.2, 0.25) is 0 Å². The van der Waals surface area contributed by atoms with E-state index in [2.05, 4.69) is 27.1 Å². The Morgan fingerprint density at radius 3 is 2.50 bits per heavy atom. The molecule has 0 spiro atoms. The lowest BCUT2D eigenvalue weighted by Gasteiger charge is -2.04. The number of rotatable bonds is 3. The lowest BCUT2D eigenvalue weighted by atomic mass is 10.1. The maximum atomic E-state index is 4.61. The maximum Gasteiger partial charge on any atom is 0.178 e. The number of hydrogen-bond acceptors (Lipinski definition) is 3. The van der Waals surface area contributed by atoms with Crippen LogP contribution in [-0.2, 0) is 6.42 Å². The summed E-state index contributed by atoms with van der Waals surface area (Å²) in [5, 5.41) is 0. The van der Waals surface area contributed by atoms with Crippen molar-refractivity contribution in [2.24, 2.45) is 0 Å². The number of aryl methyl sites for hydroxylation is 1. The summed E-state index contributed by atoms with van der Waals surface area (Å²) in [6, 6.07) is 18.1. The lowest BCUT2D eigenvalue weighted by molar-refractivity contribution is 1.02. The van der Waals surface area contributed by atoms with Gasteiger partial charge in [-0.25, -0.2) is 15.0 Å². The van der Waals surface area contributed by atoms with E-state index in [0.29, 0.717) is 5.82 Å². The predicted octanol–water partition coefficient (Wildman–Crippen LogP) is 3.44. The van der Waals surface area contributed by atoms with Crippen molar-refractivity contribution in [3.63, 3.8) is 0 Å². The highest BCUT2D eigenvalue weighted by molar-refractivity contribution is 5.49. The molecule has 0 amide bonds. The predicted molar refractivity (Wildman–Crippen MR) is 79.2 cm³/mol. The maximum absolute atomic E-state index is 4.61. The van der Waals surface area contributed by atoms with Gasteiger partial charge in [-0.1, -0.05) is 36.4 Å². The van der Waals surface area contributed by atoms with Crippen LogP contribution in [0.4, 0.5) is 0 Å². The van der Waals surface area contributed by atoms with E-state index in [1.807, 2.05) is 49.4 Å². The molecular weight excluding hydrogens is 246 g/mol. The van der Waals surface area contributed by atoms with E-state index in [9.17, 15) is 0 Å². The molecule has 1 aromatic carbocycles. The lowest BCUT2D eigenvalue weighted by Crippen LogP contribution is -1.98. The smallest absolute Gasteiger partial charge is 0.178 e. The third-order valence-corrected chi connectivity index (χ3v) is 3.06. The van der Waals surface area contributed by atoms with Crippen LogP contribution in [0.3, 0.4) is 0 Å². The van der Waals surface area contributed by atoms with Gasteiger partial charge in [-0.15, -0.1) is 0 Å². The van der Waals surface area contributed by atoms with Gasteiger partial charge in [-0.2, -0.15) is 0 Å². The van der Waals surface area contributed by atoms with Crippen LogP contribution in [0.25, 0.3) is 11.5 Å². The third-order valence-electron chi connectivity index (χ3n) is 3.06. The molecular formula is C17H15N3. The number of aromatic nitrogens is 3. The Morgan fingerprint density at radius 1 is 0.850 bits per heavy atom. The zero-order valence-electron chi connectivity index (χ0n) is 11.3. The fourth-order valence-corrected chi connectivity index (χ4v) is 2.09. The van der Waals surface area contributed by atoms with Crippen LogP contribution in [0.2, 0.25) is 0 Å². The minimum atomic E-state index is 0.683. The molecule has 98 valence electrons. The van der Waals surface area contributed by atoms with Crippen molar-refractivity contribution in [1.29, 1.82) is 0 Å². The molecule has 0 fully saturated rings. The van der Waals surface area contributed by atoms with Crippen molar-refractivity contribution in [2.75, 3.05) is 0 Å². The SMILES string of the molecule is Cc1cccc(-c2nccc(Cc3ccccc3)n2)n1. The van der Waals surface area contributed by atoms with Gasteiger partial charge >= 0.3 is 0 Å². The fourth-order valence-electron chi connectivity index (χ4n) is 2.09. The molecule has 3 aromatic rings. The highest BCUT2D eigenvalue weighted by atomic mass is 14.9. The van der Waals surface area contributed by atoms with Gasteiger partial charge in [-0.05, 0) is 30.7 Å². The van der Waals surface area contributed by atoms with Crippen molar-refractivity contribution >= 4 is 0 Å². The van der Waals surface area contributed by atoms with E-state index in [1.165, 1.54) is 5.56 Å². The molecule has 0 atom stereocenters. The average molecular weight is 261 g/mol. The largest absolute Gasteiger partial charge is 0.250 e. The fraction of sp³-hybridized carbons (Fsp3) is 0.118. The van der Waals surface area contributed by atoms with E-state index in [-0.39, 0.29) is 0 Å². The van der Waals surface area contributed by atoms with E-state index >= 15 is 0 Å². The molecule has 20 heavy (non-hydrogen) atoms. The van der Waals surface area contributed by atoms with E-state index in [1.54, 1.807) is 6.20 Å². The summed E-state index contributed by atoms with van der Waals surface area (Å²) < 4.78 is 0. The molecule has 0 N–H and O–H groups in total. The van der Waals surface area contributed by atoms with Crippen LogP contribution in [0.1, 0.15) is 17.0 Å². The van der Waals surface area contributed by atoms with Gasteiger partial charge in [-0.3, -0.25) is 0 Å². The Labute approximate surface area is 118 Å². The summed E-state index contributed by atoms with van der Waals surface area (Å²) in [6.45, 7) is 1.97. The zero-order valence-corrected chi connectivity index (χ0v) is 11.3.